The van der Waals surface area contributed by atoms with E-state index in [4.69, 9.17) is 26.8 Å². The van der Waals surface area contributed by atoms with Crippen molar-refractivity contribution in [3.8, 4) is 11.5 Å². The quantitative estimate of drug-likeness (QED) is 0.714. The molecule has 0 fully saturated rings. The number of nitrogens with two attached hydrogens (primary N) is 1. The molecule has 0 atom stereocenters. The third-order valence-corrected chi connectivity index (χ3v) is 3.17. The fourth-order valence-corrected chi connectivity index (χ4v) is 2.05. The Labute approximate surface area is 144 Å². The predicted octanol–water partition coefficient (Wildman–Crippen LogP) is 2.01. The molecule has 0 aliphatic carbocycles. The van der Waals surface area contributed by atoms with Gasteiger partial charge in [-0.3, -0.25) is 9.59 Å². The topological polar surface area (TPSA) is 90.7 Å². The van der Waals surface area contributed by atoms with Gasteiger partial charge in [-0.25, -0.2) is 0 Å². The van der Waals surface area contributed by atoms with Crippen LogP contribution >= 0.6 is 11.6 Å². The highest BCUT2D eigenvalue weighted by Crippen LogP contribution is 2.17. The van der Waals surface area contributed by atoms with Crippen LogP contribution < -0.4 is 20.5 Å². The van der Waals surface area contributed by atoms with Crippen LogP contribution in [0.25, 0.3) is 0 Å². The zero-order valence-corrected chi connectivity index (χ0v) is 13.6. The van der Waals surface area contributed by atoms with Crippen molar-refractivity contribution in [2.45, 2.75) is 0 Å². The second-order valence-electron chi connectivity index (χ2n) is 4.83. The average molecular weight is 349 g/mol. The van der Waals surface area contributed by atoms with Crippen LogP contribution in [0.3, 0.4) is 0 Å². The SMILES string of the molecule is NC(=O)CNC(=O)c1cccc(OCCOc2cccc(Cl)c2)c1. The third-order valence-electron chi connectivity index (χ3n) is 2.94. The highest BCUT2D eigenvalue weighted by atomic mass is 35.5. The molecular formula is C17H17ClN2O4. The Kier molecular flexibility index (Phi) is 6.45. The summed E-state index contributed by atoms with van der Waals surface area (Å²) >= 11 is 5.87. The Morgan fingerprint density at radius 2 is 1.62 bits per heavy atom. The monoisotopic (exact) mass is 348 g/mol. The van der Waals surface area contributed by atoms with Gasteiger partial charge in [0.1, 0.15) is 24.7 Å². The Balaban J connectivity index is 1.81. The van der Waals surface area contributed by atoms with Crippen LogP contribution in [0.1, 0.15) is 10.4 Å². The molecule has 3 N–H and O–H groups in total. The van der Waals surface area contributed by atoms with Crippen LogP contribution in [0, 0.1) is 0 Å². The number of halogens is 1. The lowest BCUT2D eigenvalue weighted by atomic mass is 10.2. The van der Waals surface area contributed by atoms with E-state index in [1.165, 1.54) is 0 Å². The zero-order chi connectivity index (χ0) is 17.4. The summed E-state index contributed by atoms with van der Waals surface area (Å²) in [5.41, 5.74) is 5.37. The second-order valence-corrected chi connectivity index (χ2v) is 5.27. The van der Waals surface area contributed by atoms with Gasteiger partial charge in [0, 0.05) is 10.6 Å². The number of rotatable bonds is 8. The van der Waals surface area contributed by atoms with Crippen molar-refractivity contribution in [2.75, 3.05) is 19.8 Å². The lowest BCUT2D eigenvalue weighted by molar-refractivity contribution is -0.117. The number of primary amides is 1. The summed E-state index contributed by atoms with van der Waals surface area (Å²) in [4.78, 5) is 22.5. The number of benzene rings is 2. The van der Waals surface area contributed by atoms with E-state index in [1.807, 2.05) is 0 Å². The van der Waals surface area contributed by atoms with Crippen LogP contribution in [0.5, 0.6) is 11.5 Å². The number of ether oxygens (including phenoxy) is 2. The van der Waals surface area contributed by atoms with E-state index in [2.05, 4.69) is 5.32 Å². The maximum atomic E-state index is 11.8. The summed E-state index contributed by atoms with van der Waals surface area (Å²) in [6, 6.07) is 13.7. The van der Waals surface area contributed by atoms with E-state index in [0.717, 1.165) is 0 Å². The van der Waals surface area contributed by atoms with Gasteiger partial charge in [0.15, 0.2) is 0 Å². The molecule has 24 heavy (non-hydrogen) atoms. The molecule has 0 aliphatic rings. The van der Waals surface area contributed by atoms with Gasteiger partial charge in [-0.05, 0) is 36.4 Å². The van der Waals surface area contributed by atoms with Crippen LogP contribution in [-0.4, -0.2) is 31.6 Å². The molecule has 0 spiro atoms. The van der Waals surface area contributed by atoms with E-state index in [9.17, 15) is 9.59 Å². The fourth-order valence-electron chi connectivity index (χ4n) is 1.87. The normalized spacial score (nSPS) is 10.0. The van der Waals surface area contributed by atoms with Gasteiger partial charge in [0.05, 0.1) is 6.54 Å². The number of carbonyl (C=O) groups is 2. The van der Waals surface area contributed by atoms with Gasteiger partial charge in [0.25, 0.3) is 5.91 Å². The number of carbonyl (C=O) groups excluding carboxylic acids is 2. The Morgan fingerprint density at radius 1 is 1.00 bits per heavy atom. The van der Waals surface area contributed by atoms with Crippen molar-refractivity contribution >= 4 is 23.4 Å². The molecule has 0 heterocycles. The summed E-state index contributed by atoms with van der Waals surface area (Å²) in [5, 5.41) is 3.01. The smallest absolute Gasteiger partial charge is 0.251 e. The molecule has 0 bridgehead atoms. The Morgan fingerprint density at radius 3 is 2.25 bits per heavy atom. The number of nitrogens with one attached hydrogen (secondary N) is 1. The van der Waals surface area contributed by atoms with E-state index in [-0.39, 0.29) is 6.54 Å². The molecule has 2 rings (SSSR count). The number of hydrogen-bond donors (Lipinski definition) is 2. The number of hydrogen-bond acceptors (Lipinski definition) is 4. The van der Waals surface area contributed by atoms with Crippen molar-refractivity contribution in [3.63, 3.8) is 0 Å². The maximum absolute atomic E-state index is 11.8. The van der Waals surface area contributed by atoms with Gasteiger partial charge in [-0.1, -0.05) is 23.7 Å². The molecule has 0 aliphatic heterocycles. The van der Waals surface area contributed by atoms with Crippen LogP contribution in [0.15, 0.2) is 48.5 Å². The molecule has 0 unspecified atom stereocenters. The van der Waals surface area contributed by atoms with Crippen LogP contribution in [0.2, 0.25) is 5.02 Å². The average Bonchev–Trinajstić information content (AvgIpc) is 2.57. The minimum atomic E-state index is -0.603. The third kappa shape index (κ3) is 5.81. The molecule has 126 valence electrons. The fraction of sp³-hybridized carbons (Fsp3) is 0.176. The molecule has 0 saturated carbocycles. The highest BCUT2D eigenvalue weighted by Gasteiger charge is 2.07. The van der Waals surface area contributed by atoms with E-state index >= 15 is 0 Å². The molecule has 6 nitrogen and oxygen atoms in total. The second kappa shape index (κ2) is 8.79. The highest BCUT2D eigenvalue weighted by molar-refractivity contribution is 6.30. The maximum Gasteiger partial charge on any atom is 0.251 e. The van der Waals surface area contributed by atoms with E-state index in [0.29, 0.717) is 35.3 Å². The first-order chi connectivity index (χ1) is 11.5. The van der Waals surface area contributed by atoms with Crippen molar-refractivity contribution in [1.82, 2.24) is 5.32 Å². The summed E-state index contributed by atoms with van der Waals surface area (Å²) in [6.07, 6.45) is 0. The van der Waals surface area contributed by atoms with Crippen molar-refractivity contribution in [1.29, 1.82) is 0 Å². The van der Waals surface area contributed by atoms with Crippen LogP contribution in [0.4, 0.5) is 0 Å². The summed E-state index contributed by atoms with van der Waals surface area (Å²) < 4.78 is 11.1. The first kappa shape index (κ1) is 17.6. The molecule has 7 heteroatoms. The lowest BCUT2D eigenvalue weighted by Crippen LogP contribution is -2.33. The van der Waals surface area contributed by atoms with Gasteiger partial charge >= 0.3 is 0 Å². The van der Waals surface area contributed by atoms with Gasteiger partial charge in [0.2, 0.25) is 5.91 Å². The predicted molar refractivity (Wildman–Crippen MR) is 90.4 cm³/mol. The zero-order valence-electron chi connectivity index (χ0n) is 12.8. The molecule has 0 aromatic heterocycles. The molecule has 2 amide bonds. The molecule has 2 aromatic carbocycles. The van der Waals surface area contributed by atoms with Gasteiger partial charge in [-0.2, -0.15) is 0 Å². The Hall–Kier alpha value is -2.73. The number of amides is 2. The largest absolute Gasteiger partial charge is 0.490 e. The first-order valence-electron chi connectivity index (χ1n) is 7.22. The molecule has 0 radical (unpaired) electrons. The minimum absolute atomic E-state index is 0.211. The summed E-state index contributed by atoms with van der Waals surface area (Å²) in [5.74, 6) is 0.186. The van der Waals surface area contributed by atoms with Gasteiger partial charge in [-0.15, -0.1) is 0 Å². The lowest BCUT2D eigenvalue weighted by Gasteiger charge is -2.10. The van der Waals surface area contributed by atoms with Crippen LogP contribution in [-0.2, 0) is 4.79 Å². The molecular weight excluding hydrogens is 332 g/mol. The first-order valence-corrected chi connectivity index (χ1v) is 7.60. The van der Waals surface area contributed by atoms with Crippen molar-refractivity contribution < 1.29 is 19.1 Å². The molecule has 0 saturated heterocycles. The van der Waals surface area contributed by atoms with E-state index < -0.39 is 11.8 Å². The van der Waals surface area contributed by atoms with Crippen molar-refractivity contribution in [3.05, 3.63) is 59.1 Å². The van der Waals surface area contributed by atoms with E-state index in [1.54, 1.807) is 48.5 Å². The van der Waals surface area contributed by atoms with Gasteiger partial charge < -0.3 is 20.5 Å². The standard InChI is InChI=1S/C17H17ClN2O4/c18-13-4-2-6-15(10-13)24-8-7-23-14-5-1-3-12(9-14)17(22)20-11-16(19)21/h1-6,9-10H,7-8,11H2,(H2,19,21)(H,20,22). The molecule has 2 aromatic rings. The Bertz CT molecular complexity index is 721. The minimum Gasteiger partial charge on any atom is -0.490 e. The summed E-state index contributed by atoms with van der Waals surface area (Å²) in [7, 11) is 0. The summed E-state index contributed by atoms with van der Waals surface area (Å²) in [6.45, 7) is 0.425. The van der Waals surface area contributed by atoms with Crippen molar-refractivity contribution in [2.24, 2.45) is 5.73 Å².